The number of fused-ring (bicyclic) bond motifs is 2. The van der Waals surface area contributed by atoms with Gasteiger partial charge >= 0.3 is 6.18 Å². The zero-order valence-corrected chi connectivity index (χ0v) is 13.9. The molecule has 1 aromatic rings. The maximum absolute atomic E-state index is 12.9. The molecule has 0 aromatic heterocycles. The summed E-state index contributed by atoms with van der Waals surface area (Å²) >= 11 is 0. The molecule has 3 fully saturated rings. The van der Waals surface area contributed by atoms with Crippen molar-refractivity contribution in [2.75, 3.05) is 31.1 Å². The molecule has 1 N–H and O–H groups in total. The van der Waals surface area contributed by atoms with Crippen LogP contribution in [0.25, 0.3) is 0 Å². The summed E-state index contributed by atoms with van der Waals surface area (Å²) in [5.74, 6) is 0.984. The van der Waals surface area contributed by atoms with Crippen LogP contribution in [-0.4, -0.2) is 48.0 Å². The van der Waals surface area contributed by atoms with E-state index >= 15 is 0 Å². The largest absolute Gasteiger partial charge is 0.416 e. The van der Waals surface area contributed by atoms with Gasteiger partial charge in [-0.25, -0.2) is 0 Å². The van der Waals surface area contributed by atoms with Crippen LogP contribution in [0.2, 0.25) is 0 Å². The van der Waals surface area contributed by atoms with Gasteiger partial charge in [-0.3, -0.25) is 4.90 Å². The fourth-order valence-corrected chi connectivity index (χ4v) is 4.82. The third kappa shape index (κ3) is 2.99. The molecule has 3 aliphatic rings. The molecule has 2 bridgehead atoms. The zero-order chi connectivity index (χ0) is 17.6. The Labute approximate surface area is 144 Å². The molecule has 4 nitrogen and oxygen atoms in total. The zero-order valence-electron chi connectivity index (χ0n) is 13.9. The van der Waals surface area contributed by atoms with Gasteiger partial charge in [-0.2, -0.15) is 13.2 Å². The highest BCUT2D eigenvalue weighted by Crippen LogP contribution is 2.45. The number of benzene rings is 1. The summed E-state index contributed by atoms with van der Waals surface area (Å²) in [4.78, 5) is 4.36. The second kappa shape index (κ2) is 6.20. The normalized spacial score (nSPS) is 31.9. The lowest BCUT2D eigenvalue weighted by atomic mass is 9.91. The molecule has 0 radical (unpaired) electrons. The summed E-state index contributed by atoms with van der Waals surface area (Å²) in [6.45, 7) is 2.94. The summed E-state index contributed by atoms with van der Waals surface area (Å²) in [5, 5.41) is 12.9. The summed E-state index contributed by atoms with van der Waals surface area (Å²) in [5.41, 5.74) is 0.942. The molecule has 0 unspecified atom stereocenters. The first kappa shape index (κ1) is 16.7. The van der Waals surface area contributed by atoms with E-state index in [1.165, 1.54) is 18.6 Å². The van der Waals surface area contributed by atoms with Gasteiger partial charge in [0.15, 0.2) is 0 Å². The van der Waals surface area contributed by atoms with Gasteiger partial charge in [0.2, 0.25) is 0 Å². The van der Waals surface area contributed by atoms with Gasteiger partial charge in [0.25, 0.3) is 0 Å². The predicted octanol–water partition coefficient (Wildman–Crippen LogP) is 3.46. The molecule has 2 aliphatic carbocycles. The average molecular weight is 353 g/mol. The van der Waals surface area contributed by atoms with Crippen LogP contribution in [0.1, 0.15) is 24.8 Å². The van der Waals surface area contributed by atoms with Crippen LogP contribution in [0.4, 0.5) is 18.9 Å². The van der Waals surface area contributed by atoms with E-state index in [9.17, 15) is 18.4 Å². The summed E-state index contributed by atoms with van der Waals surface area (Å²) in [7, 11) is 0. The number of nitrogens with zero attached hydrogens (tertiary/aromatic N) is 3. The number of rotatable bonds is 2. The Morgan fingerprint density at radius 2 is 1.84 bits per heavy atom. The van der Waals surface area contributed by atoms with E-state index in [2.05, 4.69) is 10.1 Å². The predicted molar refractivity (Wildman–Crippen MR) is 89.1 cm³/mol. The fourth-order valence-electron chi connectivity index (χ4n) is 4.82. The van der Waals surface area contributed by atoms with E-state index in [-0.39, 0.29) is 6.04 Å². The number of alkyl halides is 3. The van der Waals surface area contributed by atoms with Crippen molar-refractivity contribution < 1.29 is 18.4 Å². The van der Waals surface area contributed by atoms with Crippen LogP contribution in [0.3, 0.4) is 0 Å². The topological polar surface area (TPSA) is 39.1 Å². The maximum Gasteiger partial charge on any atom is 0.416 e. The number of hydrogen-bond donors (Lipinski definition) is 1. The van der Waals surface area contributed by atoms with Crippen molar-refractivity contribution in [2.45, 2.75) is 31.5 Å². The quantitative estimate of drug-likeness (QED) is 0.654. The van der Waals surface area contributed by atoms with Crippen LogP contribution >= 0.6 is 0 Å². The SMILES string of the molecule is O/N=C1\[C@H]2CC[C@@H](C2)[C@@H]1N1CCN(c2cccc(C(F)(F)F)c2)CC1. The lowest BCUT2D eigenvalue weighted by Crippen LogP contribution is -2.54. The maximum atomic E-state index is 12.9. The molecular formula is C18H22F3N3O. The minimum Gasteiger partial charge on any atom is -0.411 e. The second-order valence-corrected chi connectivity index (χ2v) is 7.31. The van der Waals surface area contributed by atoms with Gasteiger partial charge in [0, 0.05) is 37.8 Å². The first-order valence-electron chi connectivity index (χ1n) is 8.85. The smallest absolute Gasteiger partial charge is 0.411 e. The molecule has 0 spiro atoms. The Balaban J connectivity index is 1.44. The van der Waals surface area contributed by atoms with E-state index in [4.69, 9.17) is 0 Å². The van der Waals surface area contributed by atoms with Crippen molar-refractivity contribution in [3.05, 3.63) is 29.8 Å². The molecule has 7 heteroatoms. The van der Waals surface area contributed by atoms with Gasteiger partial charge in [-0.05, 0) is 43.4 Å². The molecule has 1 heterocycles. The second-order valence-electron chi connectivity index (χ2n) is 7.31. The Morgan fingerprint density at radius 1 is 1.08 bits per heavy atom. The summed E-state index contributed by atoms with van der Waals surface area (Å²) in [6, 6.07) is 5.76. The van der Waals surface area contributed by atoms with E-state index in [1.807, 2.05) is 4.90 Å². The van der Waals surface area contributed by atoms with Crippen LogP contribution in [0.5, 0.6) is 0 Å². The molecular weight excluding hydrogens is 331 g/mol. The van der Waals surface area contributed by atoms with Gasteiger partial charge < -0.3 is 10.1 Å². The van der Waals surface area contributed by atoms with Crippen molar-refractivity contribution in [2.24, 2.45) is 17.0 Å². The van der Waals surface area contributed by atoms with Crippen molar-refractivity contribution in [3.8, 4) is 0 Å². The van der Waals surface area contributed by atoms with Gasteiger partial charge in [0.1, 0.15) is 0 Å². The fraction of sp³-hybridized carbons (Fsp3) is 0.611. The van der Waals surface area contributed by atoms with Crippen molar-refractivity contribution in [1.82, 2.24) is 4.90 Å². The highest BCUT2D eigenvalue weighted by atomic mass is 19.4. The number of halogens is 3. The Morgan fingerprint density at radius 3 is 2.52 bits per heavy atom. The van der Waals surface area contributed by atoms with E-state index in [0.29, 0.717) is 30.6 Å². The minimum absolute atomic E-state index is 0.215. The Bertz CT molecular complexity index is 668. The van der Waals surface area contributed by atoms with Crippen LogP contribution in [0.15, 0.2) is 29.4 Å². The summed E-state index contributed by atoms with van der Waals surface area (Å²) in [6.07, 6.45) is -0.905. The lowest BCUT2D eigenvalue weighted by Gasteiger charge is -2.41. The number of oxime groups is 1. The first-order valence-corrected chi connectivity index (χ1v) is 8.85. The van der Waals surface area contributed by atoms with Crippen molar-refractivity contribution in [3.63, 3.8) is 0 Å². The molecule has 2 saturated carbocycles. The van der Waals surface area contributed by atoms with Crippen molar-refractivity contribution in [1.29, 1.82) is 0 Å². The van der Waals surface area contributed by atoms with Crippen LogP contribution in [0, 0.1) is 11.8 Å². The highest BCUT2D eigenvalue weighted by Gasteiger charge is 2.48. The molecule has 25 heavy (non-hydrogen) atoms. The van der Waals surface area contributed by atoms with E-state index in [0.717, 1.165) is 37.7 Å². The lowest BCUT2D eigenvalue weighted by molar-refractivity contribution is -0.137. The molecule has 3 atom stereocenters. The van der Waals surface area contributed by atoms with Gasteiger partial charge in [-0.1, -0.05) is 11.2 Å². The highest BCUT2D eigenvalue weighted by molar-refractivity contribution is 5.94. The van der Waals surface area contributed by atoms with Crippen molar-refractivity contribution >= 4 is 11.4 Å². The van der Waals surface area contributed by atoms with Gasteiger partial charge in [-0.15, -0.1) is 0 Å². The third-order valence-corrected chi connectivity index (χ3v) is 6.00. The van der Waals surface area contributed by atoms with Crippen LogP contribution < -0.4 is 4.90 Å². The molecule has 4 rings (SSSR count). The van der Waals surface area contributed by atoms with Crippen LogP contribution in [-0.2, 0) is 6.18 Å². The molecule has 1 aliphatic heterocycles. The molecule has 1 aromatic carbocycles. The Hall–Kier alpha value is -1.76. The van der Waals surface area contributed by atoms with Gasteiger partial charge in [0.05, 0.1) is 17.3 Å². The average Bonchev–Trinajstić information content (AvgIpc) is 3.22. The standard InChI is InChI=1S/C18H22F3N3O/c19-18(20,21)14-2-1-3-15(11-14)23-6-8-24(9-7-23)17-13-5-4-12(10-13)16(17)22-25/h1-3,11-13,17,25H,4-10H2/b22-16+/t12-,13-,17-/m0/s1. The molecule has 136 valence electrons. The first-order chi connectivity index (χ1) is 12.0. The summed E-state index contributed by atoms with van der Waals surface area (Å²) < 4.78 is 38.7. The molecule has 0 amide bonds. The van der Waals surface area contributed by atoms with E-state index in [1.54, 1.807) is 6.07 Å². The number of hydrogen-bond acceptors (Lipinski definition) is 4. The number of anilines is 1. The minimum atomic E-state index is -4.31. The molecule has 1 saturated heterocycles. The third-order valence-electron chi connectivity index (χ3n) is 6.00. The monoisotopic (exact) mass is 353 g/mol. The number of piperazine rings is 1. The Kier molecular flexibility index (Phi) is 4.14. The van der Waals surface area contributed by atoms with E-state index < -0.39 is 11.7 Å².